The quantitative estimate of drug-likeness (QED) is 0.824. The topological polar surface area (TPSA) is 77.2 Å². The van der Waals surface area contributed by atoms with E-state index in [0.717, 1.165) is 5.56 Å². The van der Waals surface area contributed by atoms with Gasteiger partial charge in [-0.3, -0.25) is 4.79 Å². The van der Waals surface area contributed by atoms with Crippen LogP contribution >= 0.6 is 0 Å². The Morgan fingerprint density at radius 2 is 2.00 bits per heavy atom. The summed E-state index contributed by atoms with van der Waals surface area (Å²) in [6.07, 6.45) is -4.01. The minimum Gasteiger partial charge on any atom is -0.384 e. The lowest BCUT2D eigenvalue weighted by molar-refractivity contribution is -0.159. The first kappa shape index (κ1) is 18.9. The predicted octanol–water partition coefficient (Wildman–Crippen LogP) is 3.04. The van der Waals surface area contributed by atoms with Crippen molar-refractivity contribution in [3.05, 3.63) is 35.7 Å². The molecule has 136 valence electrons. The van der Waals surface area contributed by atoms with Crippen LogP contribution in [0.1, 0.15) is 24.8 Å². The van der Waals surface area contributed by atoms with Gasteiger partial charge >= 0.3 is 12.1 Å². The number of hydrogen-bond donors (Lipinski definition) is 1. The molecule has 2 aromatic rings. The Bertz CT molecular complexity index is 699. The molecule has 0 radical (unpaired) electrons. The molecule has 0 saturated heterocycles. The lowest BCUT2D eigenvalue weighted by Crippen LogP contribution is -2.32. The van der Waals surface area contributed by atoms with Crippen molar-refractivity contribution in [1.29, 1.82) is 0 Å². The second-order valence-electron chi connectivity index (χ2n) is 5.40. The summed E-state index contributed by atoms with van der Waals surface area (Å²) in [7, 11) is 1.54. The molecule has 0 aliphatic heterocycles. The number of methoxy groups -OCH3 is 1. The van der Waals surface area contributed by atoms with Gasteiger partial charge in [0.15, 0.2) is 0 Å². The third-order valence-electron chi connectivity index (χ3n) is 3.58. The Hall–Kier alpha value is -2.42. The Morgan fingerprint density at radius 3 is 2.52 bits per heavy atom. The van der Waals surface area contributed by atoms with Crippen LogP contribution < -0.4 is 5.32 Å². The van der Waals surface area contributed by atoms with E-state index in [1.807, 2.05) is 6.92 Å². The highest BCUT2D eigenvalue weighted by Crippen LogP contribution is 2.29. The average molecular weight is 357 g/mol. The molecule has 1 heterocycles. The third-order valence-corrected chi connectivity index (χ3v) is 3.58. The fourth-order valence-corrected chi connectivity index (χ4v) is 2.14. The van der Waals surface area contributed by atoms with Crippen LogP contribution in [0.2, 0.25) is 0 Å². The summed E-state index contributed by atoms with van der Waals surface area (Å²) in [6.45, 7) is 2.55. The van der Waals surface area contributed by atoms with Crippen LogP contribution in [-0.4, -0.2) is 29.8 Å². The van der Waals surface area contributed by atoms with Crippen molar-refractivity contribution in [2.75, 3.05) is 13.7 Å². The zero-order chi connectivity index (χ0) is 18.4. The summed E-state index contributed by atoms with van der Waals surface area (Å²) >= 11 is 0. The molecule has 0 saturated carbocycles. The minimum atomic E-state index is -4.67. The monoisotopic (exact) mass is 357 g/mol. The molecular weight excluding hydrogens is 339 g/mol. The summed E-state index contributed by atoms with van der Waals surface area (Å²) in [5, 5.41) is 6.12. The van der Waals surface area contributed by atoms with E-state index in [4.69, 9.17) is 4.74 Å². The number of amides is 1. The van der Waals surface area contributed by atoms with Gasteiger partial charge in [-0.05, 0) is 12.0 Å². The lowest BCUT2D eigenvalue weighted by atomic mass is 10.1. The van der Waals surface area contributed by atoms with Crippen molar-refractivity contribution >= 4 is 5.91 Å². The van der Waals surface area contributed by atoms with Crippen molar-refractivity contribution in [2.45, 2.75) is 26.1 Å². The maximum absolute atomic E-state index is 12.5. The molecule has 25 heavy (non-hydrogen) atoms. The number of nitrogens with zero attached hydrogens (tertiary/aromatic N) is 2. The molecule has 0 spiro atoms. The number of carbonyl (C=O) groups excluding carboxylic acids is 1. The summed E-state index contributed by atoms with van der Waals surface area (Å²) in [4.78, 5) is 15.3. The number of hydrogen-bond acceptors (Lipinski definition) is 5. The van der Waals surface area contributed by atoms with Crippen molar-refractivity contribution in [3.8, 4) is 11.4 Å². The SMILES string of the molecule is CCC(COC)C(=O)NCc1ccc(-c2noc(C(F)(F)F)n2)cc1. The molecule has 1 aromatic carbocycles. The molecular formula is C16H18F3N3O3. The van der Waals surface area contributed by atoms with Gasteiger partial charge < -0.3 is 14.6 Å². The first-order valence-electron chi connectivity index (χ1n) is 7.62. The van der Waals surface area contributed by atoms with Gasteiger partial charge in [0.05, 0.1) is 12.5 Å². The molecule has 2 rings (SSSR count). The van der Waals surface area contributed by atoms with Crippen molar-refractivity contribution < 1.29 is 27.2 Å². The van der Waals surface area contributed by atoms with Gasteiger partial charge in [-0.25, -0.2) is 0 Å². The normalized spacial score (nSPS) is 12.8. The number of alkyl halides is 3. The number of carbonyl (C=O) groups is 1. The average Bonchev–Trinajstić information content (AvgIpc) is 3.08. The summed E-state index contributed by atoms with van der Waals surface area (Å²) < 4.78 is 46.6. The predicted molar refractivity (Wildman–Crippen MR) is 82.2 cm³/mol. The van der Waals surface area contributed by atoms with Crippen molar-refractivity contribution in [3.63, 3.8) is 0 Å². The van der Waals surface area contributed by atoms with Gasteiger partial charge in [-0.15, -0.1) is 0 Å². The highest BCUT2D eigenvalue weighted by molar-refractivity contribution is 5.78. The first-order valence-corrected chi connectivity index (χ1v) is 7.62. The molecule has 1 unspecified atom stereocenters. The number of aromatic nitrogens is 2. The maximum atomic E-state index is 12.5. The van der Waals surface area contributed by atoms with Crippen LogP contribution in [0.4, 0.5) is 13.2 Å². The molecule has 9 heteroatoms. The molecule has 1 atom stereocenters. The standard InChI is InChI=1S/C16H18F3N3O3/c1-3-11(9-24-2)14(23)20-8-10-4-6-12(7-5-10)13-21-15(25-22-13)16(17,18)19/h4-7,11H,3,8-9H2,1-2H3,(H,20,23). The summed E-state index contributed by atoms with van der Waals surface area (Å²) in [5.74, 6) is -1.86. The fraction of sp³-hybridized carbons (Fsp3) is 0.438. The number of halogens is 3. The molecule has 0 aliphatic rings. The maximum Gasteiger partial charge on any atom is 0.471 e. The molecule has 1 aromatic heterocycles. The van der Waals surface area contributed by atoms with E-state index in [2.05, 4.69) is 20.0 Å². The lowest BCUT2D eigenvalue weighted by Gasteiger charge is -2.14. The molecule has 1 N–H and O–H groups in total. The Kier molecular flexibility index (Phi) is 6.13. The van der Waals surface area contributed by atoms with Gasteiger partial charge in [0.1, 0.15) is 0 Å². The second kappa shape index (κ2) is 8.11. The highest BCUT2D eigenvalue weighted by Gasteiger charge is 2.38. The van der Waals surface area contributed by atoms with Gasteiger partial charge in [-0.2, -0.15) is 18.2 Å². The van der Waals surface area contributed by atoms with Gasteiger partial charge in [0, 0.05) is 19.2 Å². The van der Waals surface area contributed by atoms with Crippen LogP contribution in [0.5, 0.6) is 0 Å². The number of ether oxygens (including phenoxy) is 1. The zero-order valence-corrected chi connectivity index (χ0v) is 13.8. The van der Waals surface area contributed by atoms with Crippen LogP contribution in [0.15, 0.2) is 28.8 Å². The van der Waals surface area contributed by atoms with Crippen molar-refractivity contribution in [2.24, 2.45) is 5.92 Å². The largest absolute Gasteiger partial charge is 0.471 e. The highest BCUT2D eigenvalue weighted by atomic mass is 19.4. The van der Waals surface area contributed by atoms with E-state index in [0.29, 0.717) is 25.1 Å². The van der Waals surface area contributed by atoms with Crippen LogP contribution in [0.3, 0.4) is 0 Å². The molecule has 0 bridgehead atoms. The van der Waals surface area contributed by atoms with Crippen LogP contribution in [0.25, 0.3) is 11.4 Å². The minimum absolute atomic E-state index is 0.110. The molecule has 6 nitrogen and oxygen atoms in total. The van der Waals surface area contributed by atoms with E-state index < -0.39 is 12.1 Å². The second-order valence-corrected chi connectivity index (χ2v) is 5.40. The smallest absolute Gasteiger partial charge is 0.384 e. The molecule has 0 aliphatic carbocycles. The van der Waals surface area contributed by atoms with Crippen molar-refractivity contribution in [1.82, 2.24) is 15.5 Å². The summed E-state index contributed by atoms with van der Waals surface area (Å²) in [5.41, 5.74) is 1.18. The molecule has 1 amide bonds. The van der Waals surface area contributed by atoms with Crippen LogP contribution in [-0.2, 0) is 22.3 Å². The fourth-order valence-electron chi connectivity index (χ4n) is 2.14. The zero-order valence-electron chi connectivity index (χ0n) is 13.8. The molecule has 0 fully saturated rings. The van der Waals surface area contributed by atoms with Gasteiger partial charge in [0.2, 0.25) is 11.7 Å². The van der Waals surface area contributed by atoms with E-state index >= 15 is 0 Å². The third kappa shape index (κ3) is 5.02. The van der Waals surface area contributed by atoms with E-state index in [1.165, 1.54) is 7.11 Å². The number of rotatable bonds is 7. The number of nitrogens with one attached hydrogen (secondary N) is 1. The Balaban J connectivity index is 1.98. The van der Waals surface area contributed by atoms with E-state index in [9.17, 15) is 18.0 Å². The van der Waals surface area contributed by atoms with Crippen LogP contribution in [0, 0.1) is 5.92 Å². The van der Waals surface area contributed by atoms with E-state index in [1.54, 1.807) is 24.3 Å². The first-order chi connectivity index (χ1) is 11.8. The van der Waals surface area contributed by atoms with E-state index in [-0.39, 0.29) is 17.6 Å². The summed E-state index contributed by atoms with van der Waals surface area (Å²) in [6, 6.07) is 6.49. The number of benzene rings is 1. The van der Waals surface area contributed by atoms with Gasteiger partial charge in [0.25, 0.3) is 0 Å². The van der Waals surface area contributed by atoms with Gasteiger partial charge in [-0.1, -0.05) is 36.3 Å². The Labute approximate surface area is 142 Å². The Morgan fingerprint density at radius 1 is 1.32 bits per heavy atom.